The fourth-order valence-corrected chi connectivity index (χ4v) is 13.9. The molecular formula is C31H46O5Si. The molecule has 1 saturated heterocycles. The van der Waals surface area contributed by atoms with Crippen molar-refractivity contribution in [2.24, 2.45) is 17.8 Å². The van der Waals surface area contributed by atoms with Crippen LogP contribution in [-0.2, 0) is 25.1 Å². The van der Waals surface area contributed by atoms with Crippen LogP contribution in [0.4, 0.5) is 0 Å². The Bertz CT molecular complexity index is 1030. The van der Waals surface area contributed by atoms with E-state index in [0.717, 1.165) is 18.6 Å². The van der Waals surface area contributed by atoms with Crippen LogP contribution in [0.2, 0.25) is 16.6 Å². The monoisotopic (exact) mass is 526 g/mol. The molecule has 204 valence electrons. The van der Waals surface area contributed by atoms with Gasteiger partial charge >= 0.3 is 0 Å². The highest BCUT2D eigenvalue weighted by molar-refractivity contribution is 6.77. The Morgan fingerprint density at radius 1 is 1.03 bits per heavy atom. The van der Waals surface area contributed by atoms with E-state index in [2.05, 4.69) is 78.8 Å². The summed E-state index contributed by atoms with van der Waals surface area (Å²) in [4.78, 5) is 0. The van der Waals surface area contributed by atoms with Crippen LogP contribution < -0.4 is 4.74 Å². The number of benzene rings is 1. The molecule has 0 bridgehead atoms. The van der Waals surface area contributed by atoms with Gasteiger partial charge in [-0.25, -0.2) is 0 Å². The molecule has 0 unspecified atom stereocenters. The summed E-state index contributed by atoms with van der Waals surface area (Å²) in [5.41, 5.74) is 6.80. The van der Waals surface area contributed by atoms with E-state index in [1.807, 2.05) is 0 Å². The summed E-state index contributed by atoms with van der Waals surface area (Å²) in [7, 11) is -0.440. The van der Waals surface area contributed by atoms with Crippen LogP contribution in [0.15, 0.2) is 35.9 Å². The molecule has 4 atom stereocenters. The third-order valence-corrected chi connectivity index (χ3v) is 15.8. The lowest BCUT2D eigenvalue weighted by Gasteiger charge is -2.54. The van der Waals surface area contributed by atoms with Crippen LogP contribution in [0.3, 0.4) is 0 Å². The van der Waals surface area contributed by atoms with E-state index in [1.54, 1.807) is 7.11 Å². The van der Waals surface area contributed by atoms with Gasteiger partial charge in [0.2, 0.25) is 8.32 Å². The Balaban J connectivity index is 1.60. The standard InChI is InChI=1S/C31H46O5Si/c1-19(2)37(20(3)4,21(5)6)36-28-16-22(7)31(34-14-15-35-31)26-13-12-24-25(30(26)28)17-23-10-9-11-27(29(23)24)33-18-32-8/h9-12,16,19-21,25-26,28,30H,13-15,17-18H2,1-8H3/t25-,26+,28+,30+/m1/s1. The Labute approximate surface area is 224 Å². The molecule has 1 aromatic rings. The summed E-state index contributed by atoms with van der Waals surface area (Å²) in [6.07, 6.45) is 6.79. The molecule has 1 spiro atoms. The zero-order valence-electron chi connectivity index (χ0n) is 24.0. The average molecular weight is 527 g/mol. The molecule has 0 aromatic heterocycles. The number of methoxy groups -OCH3 is 1. The van der Waals surface area contributed by atoms with E-state index in [0.29, 0.717) is 35.8 Å². The van der Waals surface area contributed by atoms with Gasteiger partial charge < -0.3 is 23.4 Å². The van der Waals surface area contributed by atoms with Crippen molar-refractivity contribution >= 4 is 13.9 Å². The van der Waals surface area contributed by atoms with Crippen molar-refractivity contribution in [2.45, 2.75) is 89.8 Å². The lowest BCUT2D eigenvalue weighted by molar-refractivity contribution is -0.197. The Kier molecular flexibility index (Phi) is 7.53. The molecule has 0 radical (unpaired) electrons. The van der Waals surface area contributed by atoms with Gasteiger partial charge in [-0.15, -0.1) is 0 Å². The Morgan fingerprint density at radius 2 is 1.70 bits per heavy atom. The molecule has 1 aliphatic heterocycles. The van der Waals surface area contributed by atoms with Gasteiger partial charge in [-0.2, -0.15) is 0 Å². The molecule has 37 heavy (non-hydrogen) atoms. The van der Waals surface area contributed by atoms with Gasteiger partial charge in [0.05, 0.1) is 19.3 Å². The summed E-state index contributed by atoms with van der Waals surface area (Å²) in [5, 5.41) is 0. The fourth-order valence-electron chi connectivity index (χ4n) is 8.40. The van der Waals surface area contributed by atoms with Crippen molar-refractivity contribution in [2.75, 3.05) is 27.1 Å². The van der Waals surface area contributed by atoms with Gasteiger partial charge in [-0.1, -0.05) is 65.8 Å². The summed E-state index contributed by atoms with van der Waals surface area (Å²) < 4.78 is 31.8. The van der Waals surface area contributed by atoms with Crippen molar-refractivity contribution in [1.29, 1.82) is 0 Å². The summed E-state index contributed by atoms with van der Waals surface area (Å²) in [6.45, 7) is 18.0. The molecular weight excluding hydrogens is 480 g/mol. The number of ether oxygens (including phenoxy) is 4. The molecule has 3 aliphatic carbocycles. The minimum Gasteiger partial charge on any atom is -0.467 e. The lowest BCUT2D eigenvalue weighted by Crippen LogP contribution is -2.58. The van der Waals surface area contributed by atoms with Crippen LogP contribution in [0.1, 0.15) is 66.0 Å². The second-order valence-corrected chi connectivity index (χ2v) is 17.8. The third-order valence-electron chi connectivity index (χ3n) is 9.69. The Morgan fingerprint density at radius 3 is 2.32 bits per heavy atom. The molecule has 1 fully saturated rings. The highest BCUT2D eigenvalue weighted by atomic mass is 28.4. The van der Waals surface area contributed by atoms with Crippen molar-refractivity contribution < 1.29 is 23.4 Å². The minimum atomic E-state index is -2.11. The molecule has 5 nitrogen and oxygen atoms in total. The number of hydrogen-bond acceptors (Lipinski definition) is 5. The van der Waals surface area contributed by atoms with Gasteiger partial charge in [0.15, 0.2) is 12.6 Å². The first-order chi connectivity index (χ1) is 17.7. The predicted octanol–water partition coefficient (Wildman–Crippen LogP) is 7.12. The van der Waals surface area contributed by atoms with Crippen LogP contribution >= 0.6 is 0 Å². The second-order valence-electron chi connectivity index (χ2n) is 12.3. The number of allylic oxidation sites excluding steroid dienone is 2. The number of fused-ring (bicyclic) bond motifs is 6. The average Bonchev–Trinajstić information content (AvgIpc) is 3.49. The van der Waals surface area contributed by atoms with Gasteiger partial charge in [0.1, 0.15) is 5.75 Å². The van der Waals surface area contributed by atoms with Crippen LogP contribution in [0.25, 0.3) is 5.57 Å². The van der Waals surface area contributed by atoms with Crippen molar-refractivity contribution in [3.8, 4) is 5.75 Å². The van der Waals surface area contributed by atoms with E-state index in [1.165, 1.54) is 22.3 Å². The lowest BCUT2D eigenvalue weighted by atomic mass is 9.62. The van der Waals surface area contributed by atoms with Crippen molar-refractivity contribution in [3.05, 3.63) is 47.1 Å². The van der Waals surface area contributed by atoms with Crippen molar-refractivity contribution in [3.63, 3.8) is 0 Å². The molecule has 0 N–H and O–H groups in total. The Hall–Kier alpha value is -1.44. The molecule has 5 rings (SSSR count). The first-order valence-corrected chi connectivity index (χ1v) is 16.4. The maximum atomic E-state index is 7.58. The minimum absolute atomic E-state index is 0.0497. The first-order valence-electron chi connectivity index (χ1n) is 14.3. The van der Waals surface area contributed by atoms with E-state index in [-0.39, 0.29) is 24.7 Å². The van der Waals surface area contributed by atoms with E-state index >= 15 is 0 Å². The molecule has 1 aromatic carbocycles. The van der Waals surface area contributed by atoms with E-state index in [9.17, 15) is 0 Å². The van der Waals surface area contributed by atoms with Crippen LogP contribution in [0.5, 0.6) is 5.75 Å². The quantitative estimate of drug-likeness (QED) is 0.205. The summed E-state index contributed by atoms with van der Waals surface area (Å²) in [5.74, 6) is 1.15. The maximum Gasteiger partial charge on any atom is 0.201 e. The normalized spacial score (nSPS) is 28.4. The topological polar surface area (TPSA) is 46.2 Å². The molecule has 0 amide bonds. The third kappa shape index (κ3) is 4.18. The molecule has 6 heteroatoms. The van der Waals surface area contributed by atoms with Crippen LogP contribution in [0, 0.1) is 17.8 Å². The van der Waals surface area contributed by atoms with Gasteiger partial charge in [-0.3, -0.25) is 0 Å². The van der Waals surface area contributed by atoms with Gasteiger partial charge in [-0.05, 0) is 65.1 Å². The predicted molar refractivity (Wildman–Crippen MR) is 150 cm³/mol. The maximum absolute atomic E-state index is 7.58. The SMILES string of the molecule is COCOc1cccc2c1C1=CC[C@H]3[C@@H]([C@@H](O[Si](C(C)C)(C(C)C)C(C)C)C=C(C)C34OCCO4)[C@@H]1C2. The first kappa shape index (κ1) is 27.1. The zero-order chi connectivity index (χ0) is 26.5. The largest absolute Gasteiger partial charge is 0.467 e. The molecule has 1 heterocycles. The molecule has 0 saturated carbocycles. The summed E-state index contributed by atoms with van der Waals surface area (Å²) >= 11 is 0. The van der Waals surface area contributed by atoms with E-state index in [4.69, 9.17) is 23.4 Å². The molecule has 4 aliphatic rings. The number of hydrogen-bond donors (Lipinski definition) is 0. The van der Waals surface area contributed by atoms with Gasteiger partial charge in [0, 0.05) is 24.5 Å². The zero-order valence-corrected chi connectivity index (χ0v) is 25.0. The fraction of sp³-hybridized carbons (Fsp3) is 0.677. The van der Waals surface area contributed by atoms with E-state index < -0.39 is 14.1 Å². The van der Waals surface area contributed by atoms with Crippen molar-refractivity contribution in [1.82, 2.24) is 0 Å². The number of rotatable bonds is 8. The smallest absolute Gasteiger partial charge is 0.201 e. The second kappa shape index (κ2) is 10.3. The summed E-state index contributed by atoms with van der Waals surface area (Å²) in [6, 6.07) is 6.44. The van der Waals surface area contributed by atoms with Gasteiger partial charge in [0.25, 0.3) is 0 Å². The highest BCUT2D eigenvalue weighted by Crippen LogP contribution is 2.59. The highest BCUT2D eigenvalue weighted by Gasteiger charge is 2.60. The van der Waals surface area contributed by atoms with Crippen LogP contribution in [-0.4, -0.2) is 47.3 Å².